The minimum atomic E-state index is -0.370. The number of carbonyl (C=O) groups excluding carboxylic acids is 1. The van der Waals surface area contributed by atoms with Gasteiger partial charge in [0.05, 0.1) is 25.4 Å². The maximum atomic E-state index is 11.6. The fourth-order valence-electron chi connectivity index (χ4n) is 1.51. The van der Waals surface area contributed by atoms with Crippen LogP contribution in [0, 0.1) is 0 Å². The lowest BCUT2D eigenvalue weighted by Gasteiger charge is -2.03. The van der Waals surface area contributed by atoms with E-state index in [0.29, 0.717) is 23.6 Å². The molecule has 0 fully saturated rings. The molecular weight excluding hydrogens is 208 g/mol. The van der Waals surface area contributed by atoms with Crippen LogP contribution in [0.5, 0.6) is 5.88 Å². The average Bonchev–Trinajstić information content (AvgIpc) is 2.72. The molecule has 0 radical (unpaired) electrons. The van der Waals surface area contributed by atoms with Gasteiger partial charge in [0.1, 0.15) is 5.56 Å². The highest BCUT2D eigenvalue weighted by molar-refractivity contribution is 5.96. The van der Waals surface area contributed by atoms with E-state index in [1.54, 1.807) is 36.7 Å². The first-order valence-electron chi connectivity index (χ1n) is 4.95. The summed E-state index contributed by atoms with van der Waals surface area (Å²) in [7, 11) is 1.56. The molecule has 2 aromatic rings. The molecule has 0 amide bonds. The van der Waals surface area contributed by atoms with Gasteiger partial charge in [-0.2, -0.15) is 5.10 Å². The summed E-state index contributed by atoms with van der Waals surface area (Å²) in [6.07, 6.45) is 1.48. The van der Waals surface area contributed by atoms with Crippen LogP contribution in [0.2, 0.25) is 0 Å². The largest absolute Gasteiger partial charge is 0.481 e. The van der Waals surface area contributed by atoms with Gasteiger partial charge in [0.25, 0.3) is 0 Å². The lowest BCUT2D eigenvalue weighted by atomic mass is 10.2. The zero-order valence-corrected chi connectivity index (χ0v) is 9.14. The Morgan fingerprint density at radius 2 is 2.31 bits per heavy atom. The Morgan fingerprint density at radius 3 is 3.00 bits per heavy atom. The molecule has 0 aliphatic rings. The molecule has 0 aromatic carbocycles. The van der Waals surface area contributed by atoms with Crippen LogP contribution in [0.15, 0.2) is 24.4 Å². The number of fused-ring (bicyclic) bond motifs is 1. The Kier molecular flexibility index (Phi) is 2.76. The highest BCUT2D eigenvalue weighted by Gasteiger charge is 2.14. The van der Waals surface area contributed by atoms with Crippen molar-refractivity contribution in [3.8, 4) is 5.88 Å². The minimum Gasteiger partial charge on any atom is -0.481 e. The normalized spacial score (nSPS) is 10.4. The van der Waals surface area contributed by atoms with Gasteiger partial charge in [-0.15, -0.1) is 0 Å². The van der Waals surface area contributed by atoms with Crippen LogP contribution in [0.4, 0.5) is 0 Å². The van der Waals surface area contributed by atoms with Crippen LogP contribution >= 0.6 is 0 Å². The van der Waals surface area contributed by atoms with E-state index in [2.05, 4.69) is 5.10 Å². The average molecular weight is 220 g/mol. The maximum absolute atomic E-state index is 11.6. The van der Waals surface area contributed by atoms with Crippen molar-refractivity contribution in [2.45, 2.75) is 6.92 Å². The minimum absolute atomic E-state index is 0.347. The second-order valence-corrected chi connectivity index (χ2v) is 3.14. The van der Waals surface area contributed by atoms with Crippen LogP contribution in [-0.4, -0.2) is 29.3 Å². The van der Waals surface area contributed by atoms with E-state index in [1.165, 1.54) is 6.20 Å². The molecule has 84 valence electrons. The number of hydrogen-bond acceptors (Lipinski definition) is 4. The third-order valence-corrected chi connectivity index (χ3v) is 2.21. The van der Waals surface area contributed by atoms with Gasteiger partial charge in [-0.1, -0.05) is 6.07 Å². The number of methoxy groups -OCH3 is 1. The molecule has 0 saturated heterocycles. The Morgan fingerprint density at radius 1 is 1.50 bits per heavy atom. The van der Waals surface area contributed by atoms with Crippen LogP contribution in [0.25, 0.3) is 5.52 Å². The summed E-state index contributed by atoms with van der Waals surface area (Å²) in [5, 5.41) is 4.08. The zero-order chi connectivity index (χ0) is 11.5. The number of carbonyl (C=O) groups is 1. The van der Waals surface area contributed by atoms with Gasteiger partial charge in [0.2, 0.25) is 5.88 Å². The standard InChI is InChI=1S/C11H12N2O3/c1-3-16-11(14)8-7-12-13-9(8)5-4-6-10(13)15-2/h4-7H,3H2,1-2H3. The highest BCUT2D eigenvalue weighted by atomic mass is 16.5. The number of hydrogen-bond donors (Lipinski definition) is 0. The summed E-state index contributed by atoms with van der Waals surface area (Å²) in [4.78, 5) is 11.6. The number of nitrogens with zero attached hydrogens (tertiary/aromatic N) is 2. The van der Waals surface area contributed by atoms with Crippen molar-refractivity contribution >= 4 is 11.5 Å². The van der Waals surface area contributed by atoms with Gasteiger partial charge in [-0.25, -0.2) is 9.31 Å². The second kappa shape index (κ2) is 4.22. The monoisotopic (exact) mass is 220 g/mol. The number of ether oxygens (including phenoxy) is 2. The van der Waals surface area contributed by atoms with E-state index < -0.39 is 0 Å². The van der Waals surface area contributed by atoms with Gasteiger partial charge in [-0.3, -0.25) is 0 Å². The molecule has 2 rings (SSSR count). The molecule has 2 heterocycles. The van der Waals surface area contributed by atoms with Gasteiger partial charge in [0, 0.05) is 6.07 Å². The first kappa shape index (κ1) is 10.5. The van der Waals surface area contributed by atoms with Crippen molar-refractivity contribution < 1.29 is 14.3 Å². The van der Waals surface area contributed by atoms with Crippen molar-refractivity contribution in [3.63, 3.8) is 0 Å². The van der Waals surface area contributed by atoms with Crippen molar-refractivity contribution in [1.29, 1.82) is 0 Å². The zero-order valence-electron chi connectivity index (χ0n) is 9.14. The van der Waals surface area contributed by atoms with Gasteiger partial charge in [-0.05, 0) is 13.0 Å². The third-order valence-electron chi connectivity index (χ3n) is 2.21. The Hall–Kier alpha value is -2.04. The van der Waals surface area contributed by atoms with Crippen LogP contribution < -0.4 is 4.74 Å². The summed E-state index contributed by atoms with van der Waals surface area (Å²) < 4.78 is 11.6. The molecule has 5 nitrogen and oxygen atoms in total. The Balaban J connectivity index is 2.53. The summed E-state index contributed by atoms with van der Waals surface area (Å²) in [6, 6.07) is 5.37. The summed E-state index contributed by atoms with van der Waals surface area (Å²) in [5.74, 6) is 0.207. The third kappa shape index (κ3) is 1.60. The topological polar surface area (TPSA) is 52.8 Å². The first-order chi connectivity index (χ1) is 7.77. The lowest BCUT2D eigenvalue weighted by Crippen LogP contribution is -2.04. The summed E-state index contributed by atoms with van der Waals surface area (Å²) in [6.45, 7) is 2.12. The molecule has 0 aliphatic heterocycles. The van der Waals surface area contributed by atoms with Crippen LogP contribution in [-0.2, 0) is 4.74 Å². The SMILES string of the molecule is CCOC(=O)c1cnn2c(OC)cccc12. The number of rotatable bonds is 3. The molecule has 16 heavy (non-hydrogen) atoms. The van der Waals surface area contributed by atoms with E-state index in [1.807, 2.05) is 0 Å². The Labute approximate surface area is 92.6 Å². The van der Waals surface area contributed by atoms with Crippen LogP contribution in [0.3, 0.4) is 0 Å². The first-order valence-corrected chi connectivity index (χ1v) is 4.95. The predicted octanol–water partition coefficient (Wildman–Crippen LogP) is 1.52. The molecule has 5 heteroatoms. The van der Waals surface area contributed by atoms with E-state index in [9.17, 15) is 4.79 Å². The molecule has 0 aliphatic carbocycles. The van der Waals surface area contributed by atoms with Gasteiger partial charge in [0.15, 0.2) is 0 Å². The molecule has 2 aromatic heterocycles. The number of pyridine rings is 1. The van der Waals surface area contributed by atoms with Gasteiger partial charge >= 0.3 is 5.97 Å². The predicted molar refractivity (Wildman–Crippen MR) is 57.7 cm³/mol. The maximum Gasteiger partial charge on any atom is 0.341 e. The van der Waals surface area contributed by atoms with E-state index in [-0.39, 0.29) is 5.97 Å². The quantitative estimate of drug-likeness (QED) is 0.736. The van der Waals surface area contributed by atoms with Crippen molar-refractivity contribution in [3.05, 3.63) is 30.0 Å². The van der Waals surface area contributed by atoms with E-state index in [4.69, 9.17) is 9.47 Å². The lowest BCUT2D eigenvalue weighted by molar-refractivity contribution is 0.0528. The Bertz CT molecular complexity index is 519. The fourth-order valence-corrected chi connectivity index (χ4v) is 1.51. The molecule has 0 bridgehead atoms. The van der Waals surface area contributed by atoms with Crippen LogP contribution in [0.1, 0.15) is 17.3 Å². The summed E-state index contributed by atoms with van der Waals surface area (Å²) >= 11 is 0. The van der Waals surface area contributed by atoms with E-state index >= 15 is 0 Å². The molecule has 0 spiro atoms. The van der Waals surface area contributed by atoms with Crippen molar-refractivity contribution in [1.82, 2.24) is 9.61 Å². The highest BCUT2D eigenvalue weighted by Crippen LogP contribution is 2.17. The van der Waals surface area contributed by atoms with Gasteiger partial charge < -0.3 is 9.47 Å². The molecule has 0 unspecified atom stereocenters. The number of esters is 1. The molecular formula is C11H12N2O3. The molecule has 0 N–H and O–H groups in total. The smallest absolute Gasteiger partial charge is 0.341 e. The van der Waals surface area contributed by atoms with Crippen molar-refractivity contribution in [2.24, 2.45) is 0 Å². The summed E-state index contributed by atoms with van der Waals surface area (Å²) in [5.41, 5.74) is 1.12. The molecule has 0 saturated carbocycles. The van der Waals surface area contributed by atoms with Crippen molar-refractivity contribution in [2.75, 3.05) is 13.7 Å². The fraction of sp³-hybridized carbons (Fsp3) is 0.273. The van der Waals surface area contributed by atoms with E-state index in [0.717, 1.165) is 0 Å². The number of aromatic nitrogens is 2. The second-order valence-electron chi connectivity index (χ2n) is 3.14. The molecule has 0 atom stereocenters.